The smallest absolute Gasteiger partial charge is 0.261 e. The summed E-state index contributed by atoms with van der Waals surface area (Å²) in [7, 11) is 3.16. The maximum atomic E-state index is 12.1. The second-order valence-corrected chi connectivity index (χ2v) is 6.30. The summed E-state index contributed by atoms with van der Waals surface area (Å²) in [5.74, 6) is 0.456. The number of nitrogens with zero attached hydrogens (tertiary/aromatic N) is 1. The molecule has 1 N–H and O–H groups in total. The normalized spacial score (nSPS) is 11.1. The molecule has 2 heterocycles. The number of aromatic nitrogens is 1. The first-order chi connectivity index (χ1) is 11.1. The van der Waals surface area contributed by atoms with Crippen molar-refractivity contribution in [1.29, 1.82) is 0 Å². The minimum atomic E-state index is -0.127. The lowest BCUT2D eigenvalue weighted by Crippen LogP contribution is -2.26. The van der Waals surface area contributed by atoms with Crippen LogP contribution < -0.4 is 10.1 Å². The zero-order valence-corrected chi connectivity index (χ0v) is 14.3. The van der Waals surface area contributed by atoms with Crippen molar-refractivity contribution in [3.63, 3.8) is 0 Å². The fraction of sp³-hybridized carbons (Fsp3) is 0.250. The predicted octanol–water partition coefficient (Wildman–Crippen LogP) is 3.49. The van der Waals surface area contributed by atoms with E-state index in [4.69, 9.17) is 21.1 Å². The number of rotatable bonds is 5. The number of carbonyl (C=O) groups excluding carboxylic acids is 1. The molecule has 2 aromatic heterocycles. The Balaban J connectivity index is 2.00. The number of nitrogens with one attached hydrogen (secondary N) is 1. The maximum Gasteiger partial charge on any atom is 0.261 e. The molecule has 0 radical (unpaired) electrons. The first-order valence-electron chi connectivity index (χ1n) is 6.98. The van der Waals surface area contributed by atoms with Gasteiger partial charge >= 0.3 is 0 Å². The largest absolute Gasteiger partial charge is 0.495 e. The van der Waals surface area contributed by atoms with Crippen molar-refractivity contribution in [1.82, 2.24) is 10.3 Å². The Bertz CT molecular complexity index is 879. The molecule has 5 nitrogen and oxygen atoms in total. The summed E-state index contributed by atoms with van der Waals surface area (Å²) in [6.07, 6.45) is 0. The lowest BCUT2D eigenvalue weighted by Gasteiger charge is -2.05. The minimum absolute atomic E-state index is 0.127. The minimum Gasteiger partial charge on any atom is -0.495 e. The predicted molar refractivity (Wildman–Crippen MR) is 92.9 cm³/mol. The Hall–Kier alpha value is -1.89. The molecule has 1 amide bonds. The lowest BCUT2D eigenvalue weighted by atomic mass is 10.2. The molecule has 0 fully saturated rings. The molecule has 23 heavy (non-hydrogen) atoms. The molecule has 0 aliphatic rings. The van der Waals surface area contributed by atoms with E-state index >= 15 is 0 Å². The molecular formula is C16H15ClN2O3S. The van der Waals surface area contributed by atoms with Crippen LogP contribution in [0, 0.1) is 0 Å². The van der Waals surface area contributed by atoms with Crippen LogP contribution in [-0.4, -0.2) is 38.3 Å². The fourth-order valence-corrected chi connectivity index (χ4v) is 3.49. The van der Waals surface area contributed by atoms with Gasteiger partial charge in [-0.2, -0.15) is 0 Å². The second-order valence-electron chi connectivity index (χ2n) is 4.90. The third-order valence-corrected chi connectivity index (χ3v) is 4.82. The number of pyridine rings is 1. The van der Waals surface area contributed by atoms with E-state index in [-0.39, 0.29) is 5.91 Å². The lowest BCUT2D eigenvalue weighted by molar-refractivity contribution is 0.0941. The van der Waals surface area contributed by atoms with Crippen LogP contribution in [0.5, 0.6) is 5.75 Å². The molecule has 7 heteroatoms. The van der Waals surface area contributed by atoms with Gasteiger partial charge in [0, 0.05) is 24.4 Å². The SMILES string of the molecule is COCCNC(=O)c1cc2cc3ccc(OC)c(Cl)c3nc2s1. The number of amides is 1. The molecule has 0 saturated carbocycles. The quantitative estimate of drug-likeness (QED) is 0.715. The first-order valence-corrected chi connectivity index (χ1v) is 8.17. The van der Waals surface area contributed by atoms with Crippen molar-refractivity contribution >= 4 is 50.0 Å². The average Bonchev–Trinajstić information content (AvgIpc) is 2.97. The van der Waals surface area contributed by atoms with Gasteiger partial charge < -0.3 is 14.8 Å². The van der Waals surface area contributed by atoms with Crippen molar-refractivity contribution in [3.8, 4) is 5.75 Å². The van der Waals surface area contributed by atoms with E-state index in [0.717, 1.165) is 15.6 Å². The Labute approximate surface area is 142 Å². The number of hydrogen-bond donors (Lipinski definition) is 1. The number of halogens is 1. The highest BCUT2D eigenvalue weighted by molar-refractivity contribution is 7.20. The van der Waals surface area contributed by atoms with Crippen LogP contribution in [0.1, 0.15) is 9.67 Å². The number of hydrogen-bond acceptors (Lipinski definition) is 5. The van der Waals surface area contributed by atoms with Crippen LogP contribution in [0.2, 0.25) is 5.02 Å². The van der Waals surface area contributed by atoms with Gasteiger partial charge in [0.1, 0.15) is 15.6 Å². The van der Waals surface area contributed by atoms with E-state index in [0.29, 0.717) is 34.3 Å². The number of benzene rings is 1. The van der Waals surface area contributed by atoms with Gasteiger partial charge in [0.15, 0.2) is 0 Å². The van der Waals surface area contributed by atoms with Crippen molar-refractivity contribution in [2.24, 2.45) is 0 Å². The van der Waals surface area contributed by atoms with E-state index in [2.05, 4.69) is 10.3 Å². The molecule has 3 rings (SSSR count). The number of ether oxygens (including phenoxy) is 2. The van der Waals surface area contributed by atoms with E-state index in [1.807, 2.05) is 24.3 Å². The molecule has 0 bridgehead atoms. The summed E-state index contributed by atoms with van der Waals surface area (Å²) in [4.78, 5) is 18.1. The summed E-state index contributed by atoms with van der Waals surface area (Å²) < 4.78 is 10.1. The molecule has 3 aromatic rings. The standard InChI is InChI=1S/C16H15ClN2O3S/c1-21-6-5-18-15(20)12-8-10-7-9-3-4-11(22-2)13(17)14(9)19-16(10)23-12/h3-4,7-8H,5-6H2,1-2H3,(H,18,20). The third-order valence-electron chi connectivity index (χ3n) is 3.41. The van der Waals surface area contributed by atoms with Gasteiger partial charge in [-0.05, 0) is 24.3 Å². The fourth-order valence-electron chi connectivity index (χ4n) is 2.27. The summed E-state index contributed by atoms with van der Waals surface area (Å²) >= 11 is 7.66. The molecule has 0 saturated heterocycles. The Morgan fingerprint density at radius 3 is 2.87 bits per heavy atom. The van der Waals surface area contributed by atoms with Crippen molar-refractivity contribution in [2.45, 2.75) is 0 Å². The molecule has 0 aliphatic carbocycles. The highest BCUT2D eigenvalue weighted by Gasteiger charge is 2.14. The number of methoxy groups -OCH3 is 2. The van der Waals surface area contributed by atoms with Gasteiger partial charge in [-0.1, -0.05) is 11.6 Å². The first kappa shape index (κ1) is 16.0. The Morgan fingerprint density at radius 1 is 1.30 bits per heavy atom. The van der Waals surface area contributed by atoms with E-state index in [1.165, 1.54) is 11.3 Å². The third kappa shape index (κ3) is 3.10. The van der Waals surface area contributed by atoms with Crippen LogP contribution in [0.25, 0.3) is 21.1 Å². The van der Waals surface area contributed by atoms with Gasteiger partial charge in [-0.3, -0.25) is 4.79 Å². The van der Waals surface area contributed by atoms with E-state index < -0.39 is 0 Å². The topological polar surface area (TPSA) is 60.5 Å². The summed E-state index contributed by atoms with van der Waals surface area (Å²) in [6.45, 7) is 0.955. The van der Waals surface area contributed by atoms with Gasteiger partial charge in [0.2, 0.25) is 0 Å². The molecule has 1 aromatic carbocycles. The second kappa shape index (κ2) is 6.70. The zero-order chi connectivity index (χ0) is 16.4. The van der Waals surface area contributed by atoms with Gasteiger partial charge in [-0.25, -0.2) is 4.98 Å². The molecule has 120 valence electrons. The Morgan fingerprint density at radius 2 is 2.13 bits per heavy atom. The van der Waals surface area contributed by atoms with Crippen molar-refractivity contribution < 1.29 is 14.3 Å². The van der Waals surface area contributed by atoms with Crippen LogP contribution >= 0.6 is 22.9 Å². The van der Waals surface area contributed by atoms with Gasteiger partial charge in [-0.15, -0.1) is 11.3 Å². The maximum absolute atomic E-state index is 12.1. The summed E-state index contributed by atoms with van der Waals surface area (Å²) in [5, 5.41) is 5.11. The summed E-state index contributed by atoms with van der Waals surface area (Å²) in [5.41, 5.74) is 0.673. The Kier molecular flexibility index (Phi) is 4.66. The van der Waals surface area contributed by atoms with Crippen molar-refractivity contribution in [3.05, 3.63) is 34.2 Å². The van der Waals surface area contributed by atoms with Crippen LogP contribution in [0.4, 0.5) is 0 Å². The van der Waals surface area contributed by atoms with Crippen molar-refractivity contribution in [2.75, 3.05) is 27.4 Å². The number of fused-ring (bicyclic) bond motifs is 2. The number of thiophene rings is 1. The highest BCUT2D eigenvalue weighted by atomic mass is 35.5. The van der Waals surface area contributed by atoms with Crippen LogP contribution in [0.15, 0.2) is 24.3 Å². The molecule has 0 unspecified atom stereocenters. The van der Waals surface area contributed by atoms with E-state index in [9.17, 15) is 4.79 Å². The molecular weight excluding hydrogens is 336 g/mol. The molecule has 0 spiro atoms. The zero-order valence-electron chi connectivity index (χ0n) is 12.7. The monoisotopic (exact) mass is 350 g/mol. The highest BCUT2D eigenvalue weighted by Crippen LogP contribution is 2.35. The molecule has 0 atom stereocenters. The van der Waals surface area contributed by atoms with Crippen LogP contribution in [-0.2, 0) is 4.74 Å². The van der Waals surface area contributed by atoms with E-state index in [1.54, 1.807) is 14.2 Å². The van der Waals surface area contributed by atoms with Gasteiger partial charge in [0.05, 0.1) is 24.1 Å². The van der Waals surface area contributed by atoms with Gasteiger partial charge in [0.25, 0.3) is 5.91 Å². The number of carbonyl (C=O) groups is 1. The average molecular weight is 351 g/mol. The van der Waals surface area contributed by atoms with Crippen LogP contribution in [0.3, 0.4) is 0 Å². The summed E-state index contributed by atoms with van der Waals surface area (Å²) in [6, 6.07) is 7.53. The molecule has 0 aliphatic heterocycles.